The average molecular weight is 423 g/mol. The second kappa shape index (κ2) is 9.54. The maximum atomic E-state index is 9.00. The minimum atomic E-state index is 0.283. The highest BCUT2D eigenvalue weighted by Crippen LogP contribution is 2.36. The summed E-state index contributed by atoms with van der Waals surface area (Å²) in [6.45, 7) is 0.283. The number of aryl methyl sites for hydroxylation is 2. The molecule has 1 aliphatic carbocycles. The lowest BCUT2D eigenvalue weighted by molar-refractivity contribution is 0.283. The van der Waals surface area contributed by atoms with E-state index in [9.17, 15) is 0 Å². The topological polar surface area (TPSA) is 48.9 Å². The largest absolute Gasteiger partial charge is 0.396 e. The van der Waals surface area contributed by atoms with Crippen molar-refractivity contribution in [3.05, 3.63) is 83.6 Å². The summed E-state index contributed by atoms with van der Waals surface area (Å²) in [6.07, 6.45) is 14.1. The van der Waals surface area contributed by atoms with Crippen LogP contribution in [0.5, 0.6) is 0 Å². The number of rotatable bonds is 7. The molecule has 2 heterocycles. The van der Waals surface area contributed by atoms with Gasteiger partial charge in [-0.05, 0) is 90.1 Å². The van der Waals surface area contributed by atoms with Crippen molar-refractivity contribution >= 4 is 17.1 Å². The molecule has 2 aromatic heterocycles. The zero-order chi connectivity index (χ0) is 21.8. The smallest absolute Gasteiger partial charge is 0.138 e. The maximum Gasteiger partial charge on any atom is 0.138 e. The number of nitrogens with one attached hydrogen (secondary N) is 1. The normalized spacial score (nSPS) is 13.3. The minimum Gasteiger partial charge on any atom is -0.396 e. The first-order valence-electron chi connectivity index (χ1n) is 11.8. The summed E-state index contributed by atoms with van der Waals surface area (Å²) < 4.78 is 0. The lowest BCUT2D eigenvalue weighted by Crippen LogP contribution is -1.92. The van der Waals surface area contributed by atoms with E-state index < -0.39 is 0 Å². The average Bonchev–Trinajstić information content (AvgIpc) is 3.13. The Labute approximate surface area is 189 Å². The van der Waals surface area contributed by atoms with E-state index in [2.05, 4.69) is 76.7 Å². The second-order valence-electron chi connectivity index (χ2n) is 8.71. The van der Waals surface area contributed by atoms with Crippen LogP contribution in [0.4, 0.5) is 0 Å². The highest BCUT2D eigenvalue weighted by Gasteiger charge is 2.15. The van der Waals surface area contributed by atoms with Crippen molar-refractivity contribution in [1.82, 2.24) is 9.97 Å². The molecule has 0 spiro atoms. The van der Waals surface area contributed by atoms with Gasteiger partial charge in [-0.3, -0.25) is 0 Å². The van der Waals surface area contributed by atoms with Crippen LogP contribution in [-0.4, -0.2) is 21.7 Å². The number of hydrogen-bond acceptors (Lipinski definition) is 2. The molecule has 0 saturated heterocycles. The fraction of sp³-hybridized carbons (Fsp3) is 0.276. The third-order valence-corrected chi connectivity index (χ3v) is 6.48. The van der Waals surface area contributed by atoms with Crippen molar-refractivity contribution in [2.75, 3.05) is 6.61 Å². The fourth-order valence-corrected chi connectivity index (χ4v) is 4.80. The monoisotopic (exact) mass is 422 g/mol. The van der Waals surface area contributed by atoms with Gasteiger partial charge in [0, 0.05) is 23.9 Å². The predicted octanol–water partition coefficient (Wildman–Crippen LogP) is 6.95. The number of aliphatic hydroxyl groups is 1. The first kappa shape index (κ1) is 20.7. The van der Waals surface area contributed by atoms with Crippen LogP contribution >= 0.6 is 0 Å². The number of aromatic amines is 1. The van der Waals surface area contributed by atoms with E-state index in [4.69, 9.17) is 5.11 Å². The molecule has 0 atom stereocenters. The van der Waals surface area contributed by atoms with Gasteiger partial charge in [0.05, 0.1) is 0 Å². The van der Waals surface area contributed by atoms with Gasteiger partial charge >= 0.3 is 0 Å². The number of nitrogens with zero attached hydrogens (tertiary/aromatic N) is 1. The molecule has 0 amide bonds. The van der Waals surface area contributed by atoms with Crippen LogP contribution in [0.3, 0.4) is 0 Å². The second-order valence-corrected chi connectivity index (χ2v) is 8.71. The number of hydrogen-bond donors (Lipinski definition) is 2. The van der Waals surface area contributed by atoms with E-state index in [1.54, 1.807) is 0 Å². The molecule has 0 unspecified atom stereocenters. The summed E-state index contributed by atoms with van der Waals surface area (Å²) in [6, 6.07) is 19.9. The number of unbranched alkanes of at least 4 members (excludes halogenated alkanes) is 2. The molecular weight excluding hydrogens is 392 g/mol. The van der Waals surface area contributed by atoms with Crippen LogP contribution in [0.1, 0.15) is 48.8 Å². The number of aromatic nitrogens is 2. The molecule has 2 N–H and O–H groups in total. The number of pyridine rings is 1. The number of aliphatic hydroxyl groups excluding tert-OH is 1. The minimum absolute atomic E-state index is 0.283. The van der Waals surface area contributed by atoms with Crippen molar-refractivity contribution in [1.29, 1.82) is 0 Å². The van der Waals surface area contributed by atoms with Crippen molar-refractivity contribution in [2.24, 2.45) is 0 Å². The quantitative estimate of drug-likeness (QED) is 0.317. The molecule has 1 aliphatic rings. The molecule has 3 heteroatoms. The van der Waals surface area contributed by atoms with Gasteiger partial charge in [-0.15, -0.1) is 0 Å². The molecule has 4 aromatic rings. The van der Waals surface area contributed by atoms with E-state index in [1.165, 1.54) is 45.2 Å². The summed E-state index contributed by atoms with van der Waals surface area (Å²) in [5.41, 5.74) is 9.88. The number of benzene rings is 2. The molecule has 32 heavy (non-hydrogen) atoms. The maximum absolute atomic E-state index is 9.00. The Morgan fingerprint density at radius 3 is 2.81 bits per heavy atom. The molecule has 3 nitrogen and oxygen atoms in total. The molecule has 0 bridgehead atoms. The van der Waals surface area contributed by atoms with E-state index in [0.717, 1.165) is 49.9 Å². The van der Waals surface area contributed by atoms with Gasteiger partial charge in [0.25, 0.3) is 0 Å². The molecule has 0 fully saturated rings. The highest BCUT2D eigenvalue weighted by molar-refractivity contribution is 5.98. The molecular formula is C29H30N2O. The Morgan fingerprint density at radius 2 is 1.88 bits per heavy atom. The summed E-state index contributed by atoms with van der Waals surface area (Å²) in [7, 11) is 0. The first-order valence-corrected chi connectivity index (χ1v) is 11.8. The molecule has 0 radical (unpaired) electrons. The molecule has 0 aliphatic heterocycles. The van der Waals surface area contributed by atoms with Crippen LogP contribution < -0.4 is 0 Å². The number of H-pyrrole nitrogens is 1. The van der Waals surface area contributed by atoms with Gasteiger partial charge in [-0.1, -0.05) is 55.0 Å². The molecule has 5 rings (SSSR count). The molecule has 0 saturated carbocycles. The summed E-state index contributed by atoms with van der Waals surface area (Å²) in [5, 5.41) is 10.2. The van der Waals surface area contributed by atoms with Crippen LogP contribution in [0.15, 0.2) is 66.9 Å². The van der Waals surface area contributed by atoms with E-state index >= 15 is 0 Å². The molecule has 2 aromatic carbocycles. The van der Waals surface area contributed by atoms with Gasteiger partial charge in [0.15, 0.2) is 0 Å². The summed E-state index contributed by atoms with van der Waals surface area (Å²) in [5.74, 6) is 0. The van der Waals surface area contributed by atoms with E-state index in [1.807, 2.05) is 6.20 Å². The Hall–Kier alpha value is -3.17. The van der Waals surface area contributed by atoms with Gasteiger partial charge in [-0.2, -0.15) is 0 Å². The molecule has 162 valence electrons. The lowest BCUT2D eigenvalue weighted by Gasteiger charge is -2.11. The van der Waals surface area contributed by atoms with Gasteiger partial charge < -0.3 is 10.1 Å². The number of allylic oxidation sites excluding steroid dienone is 1. The van der Waals surface area contributed by atoms with Crippen LogP contribution in [0.2, 0.25) is 0 Å². The number of fused-ring (bicyclic) bond motifs is 2. The Morgan fingerprint density at radius 1 is 0.938 bits per heavy atom. The Balaban J connectivity index is 1.52. The Kier molecular flexibility index (Phi) is 6.17. The van der Waals surface area contributed by atoms with Crippen LogP contribution in [0.25, 0.3) is 39.5 Å². The van der Waals surface area contributed by atoms with Crippen LogP contribution in [-0.2, 0) is 12.8 Å². The zero-order valence-electron chi connectivity index (χ0n) is 18.5. The van der Waals surface area contributed by atoms with Gasteiger partial charge in [0.2, 0.25) is 0 Å². The Bertz CT molecular complexity index is 1250. The van der Waals surface area contributed by atoms with E-state index in [-0.39, 0.29) is 6.61 Å². The highest BCUT2D eigenvalue weighted by atomic mass is 16.2. The standard InChI is InChI=1S/C29H30N2O/c32-18-6-2-3-9-21-10-7-13-23(19-21)28-20-27-26(16-17-30-29(27)31-28)25-15-8-12-22-11-4-1-5-14-24(22)25/h5,7-8,10,12-17,19-20,32H,1-4,6,9,11,18H2,(H,30,31). The fourth-order valence-electron chi connectivity index (χ4n) is 4.80. The van der Waals surface area contributed by atoms with Crippen molar-refractivity contribution < 1.29 is 5.11 Å². The van der Waals surface area contributed by atoms with Crippen molar-refractivity contribution in [3.63, 3.8) is 0 Å². The lowest BCUT2D eigenvalue weighted by atomic mass is 9.93. The first-order chi connectivity index (χ1) is 15.8. The van der Waals surface area contributed by atoms with Gasteiger partial charge in [-0.25, -0.2) is 4.98 Å². The predicted molar refractivity (Wildman–Crippen MR) is 134 cm³/mol. The third kappa shape index (κ3) is 4.26. The zero-order valence-corrected chi connectivity index (χ0v) is 18.5. The van der Waals surface area contributed by atoms with Crippen molar-refractivity contribution in [2.45, 2.75) is 44.9 Å². The van der Waals surface area contributed by atoms with Gasteiger partial charge in [0.1, 0.15) is 5.65 Å². The summed E-state index contributed by atoms with van der Waals surface area (Å²) in [4.78, 5) is 8.20. The third-order valence-electron chi connectivity index (χ3n) is 6.48. The summed E-state index contributed by atoms with van der Waals surface area (Å²) >= 11 is 0. The van der Waals surface area contributed by atoms with Crippen LogP contribution in [0, 0.1) is 0 Å². The van der Waals surface area contributed by atoms with E-state index in [0.29, 0.717) is 0 Å². The SMILES string of the molecule is OCCCCCc1cccc(-c2cc3c(-c4cccc5c4C=CCCC5)ccnc3[nH]2)c1. The van der Waals surface area contributed by atoms with Crippen molar-refractivity contribution in [3.8, 4) is 22.4 Å².